The first-order valence-electron chi connectivity index (χ1n) is 11.5. The lowest BCUT2D eigenvalue weighted by molar-refractivity contribution is -0.339. The third-order valence-corrected chi connectivity index (χ3v) is 7.13. The highest BCUT2D eigenvalue weighted by atomic mass is 19.4. The van der Waals surface area contributed by atoms with Gasteiger partial charge in [-0.25, -0.2) is 0 Å². The van der Waals surface area contributed by atoms with Gasteiger partial charge in [-0.05, 0) is 46.5 Å². The molecule has 1 N–H and O–H groups in total. The molecule has 0 amide bonds. The van der Waals surface area contributed by atoms with E-state index in [0.717, 1.165) is 15.7 Å². The number of Topliss-reactive ketones (excluding diaryl/α,β-unsaturated/α-hetero) is 1. The fraction of sp³-hybridized carbons (Fsp3) is 0.214. The molecular weight excluding hydrogens is 531 g/mol. The number of hydrogen-bond donors (Lipinski definition) is 1. The van der Waals surface area contributed by atoms with E-state index in [4.69, 9.17) is 0 Å². The van der Waals surface area contributed by atoms with Gasteiger partial charge in [0, 0.05) is 16.5 Å². The first kappa shape index (κ1) is 26.5. The van der Waals surface area contributed by atoms with E-state index in [-0.39, 0.29) is 16.6 Å². The number of ketones is 1. The monoisotopic (exact) mass is 549 g/mol. The number of carbonyl (C=O) groups excluding carboxylic acids is 1. The van der Waals surface area contributed by atoms with Crippen LogP contribution in [0.4, 0.5) is 30.7 Å². The number of pyridine rings is 1. The minimum absolute atomic E-state index is 0.00191. The minimum Gasteiger partial charge on any atom is -0.506 e. The van der Waals surface area contributed by atoms with Crippen molar-refractivity contribution in [1.29, 1.82) is 0 Å². The highest BCUT2D eigenvalue weighted by molar-refractivity contribution is 6.09. The summed E-state index contributed by atoms with van der Waals surface area (Å²) in [6.45, 7) is 3.66. The maximum Gasteiger partial charge on any atom is 0.460 e. The van der Waals surface area contributed by atoms with Gasteiger partial charge >= 0.3 is 18.0 Å². The third kappa shape index (κ3) is 3.51. The van der Waals surface area contributed by atoms with Crippen LogP contribution in [-0.4, -0.2) is 33.5 Å². The van der Waals surface area contributed by atoms with Crippen molar-refractivity contribution in [2.45, 2.75) is 37.3 Å². The second-order valence-corrected chi connectivity index (χ2v) is 9.76. The summed E-state index contributed by atoms with van der Waals surface area (Å²) in [5, 5.41) is 10.6. The van der Waals surface area contributed by atoms with Gasteiger partial charge in [0.25, 0.3) is 5.56 Å². The number of nitrogens with zero attached hydrogens (tertiary/aromatic N) is 1. The molecule has 1 aromatic heterocycles. The first-order valence-corrected chi connectivity index (χ1v) is 11.5. The normalized spacial score (nSPS) is 14.8. The van der Waals surface area contributed by atoms with Crippen LogP contribution in [0.2, 0.25) is 0 Å². The van der Waals surface area contributed by atoms with Gasteiger partial charge in [0.15, 0.2) is 0 Å². The number of fused-ring (bicyclic) bond motifs is 4. The van der Waals surface area contributed by atoms with Crippen LogP contribution in [0.1, 0.15) is 35.3 Å². The quantitative estimate of drug-likeness (QED) is 0.220. The van der Waals surface area contributed by atoms with Crippen molar-refractivity contribution in [1.82, 2.24) is 4.57 Å². The Bertz CT molecular complexity index is 1720. The molecule has 11 heteroatoms. The molecule has 0 atom stereocenters. The summed E-state index contributed by atoms with van der Waals surface area (Å²) in [4.78, 5) is 26.1. The summed E-state index contributed by atoms with van der Waals surface area (Å²) in [5.74, 6) is -17.8. The second kappa shape index (κ2) is 8.17. The average molecular weight is 549 g/mol. The Balaban J connectivity index is 1.90. The maximum absolute atomic E-state index is 14.5. The molecule has 1 heterocycles. The molecule has 4 aromatic rings. The maximum atomic E-state index is 14.5. The summed E-state index contributed by atoms with van der Waals surface area (Å²) in [6.07, 6.45) is -6.81. The third-order valence-electron chi connectivity index (χ3n) is 7.13. The molecule has 0 spiro atoms. The first-order chi connectivity index (χ1) is 18.0. The molecule has 5 rings (SSSR count). The van der Waals surface area contributed by atoms with Crippen LogP contribution >= 0.6 is 0 Å². The Kier molecular flexibility index (Phi) is 5.54. The smallest absolute Gasteiger partial charge is 0.460 e. The molecule has 1 aliphatic carbocycles. The fourth-order valence-electron chi connectivity index (χ4n) is 5.08. The van der Waals surface area contributed by atoms with E-state index >= 15 is 0 Å². The predicted octanol–water partition coefficient (Wildman–Crippen LogP) is 7.02. The van der Waals surface area contributed by atoms with Crippen molar-refractivity contribution >= 4 is 16.7 Å². The van der Waals surface area contributed by atoms with Crippen LogP contribution in [0.25, 0.3) is 27.7 Å². The summed E-state index contributed by atoms with van der Waals surface area (Å²) in [6, 6.07) is 17.2. The van der Waals surface area contributed by atoms with Gasteiger partial charge in [0.1, 0.15) is 11.3 Å². The molecule has 1 aliphatic rings. The molecule has 3 aromatic carbocycles. The van der Waals surface area contributed by atoms with E-state index in [0.29, 0.717) is 11.1 Å². The number of carbonyl (C=O) groups is 1. The van der Waals surface area contributed by atoms with Crippen LogP contribution in [0.5, 0.6) is 5.75 Å². The van der Waals surface area contributed by atoms with Gasteiger partial charge < -0.3 is 5.11 Å². The van der Waals surface area contributed by atoms with Gasteiger partial charge in [-0.15, -0.1) is 0 Å². The SMILES string of the molecule is CC1(C)c2ccccc2-c2cc3c(cc21)c(O)c(C(=O)C(F)(F)C(F)(F)C(F)(F)F)c(=O)n3-c1ccccc1. The van der Waals surface area contributed by atoms with Gasteiger partial charge in [-0.1, -0.05) is 56.3 Å². The molecule has 0 fully saturated rings. The summed E-state index contributed by atoms with van der Waals surface area (Å²) in [7, 11) is 0. The fourth-order valence-corrected chi connectivity index (χ4v) is 5.08. The Labute approximate surface area is 215 Å². The molecule has 0 radical (unpaired) electrons. The minimum atomic E-state index is -6.82. The van der Waals surface area contributed by atoms with Crippen molar-refractivity contribution in [3.63, 3.8) is 0 Å². The van der Waals surface area contributed by atoms with Crippen LogP contribution in [0, 0.1) is 0 Å². The van der Waals surface area contributed by atoms with Crippen molar-refractivity contribution in [3.8, 4) is 22.6 Å². The van der Waals surface area contributed by atoms with Crippen molar-refractivity contribution in [3.05, 3.63) is 93.8 Å². The van der Waals surface area contributed by atoms with Crippen molar-refractivity contribution < 1.29 is 40.6 Å². The van der Waals surface area contributed by atoms with E-state index in [1.54, 1.807) is 18.2 Å². The number of rotatable bonds is 4. The lowest BCUT2D eigenvalue weighted by atomic mass is 9.82. The van der Waals surface area contributed by atoms with Gasteiger partial charge in [-0.2, -0.15) is 30.7 Å². The number of halogens is 7. The van der Waals surface area contributed by atoms with E-state index < -0.39 is 46.1 Å². The Morgan fingerprint density at radius 3 is 2.03 bits per heavy atom. The molecule has 0 unspecified atom stereocenters. The topological polar surface area (TPSA) is 59.3 Å². The molecule has 0 saturated carbocycles. The molecular formula is C28H18F7NO3. The Morgan fingerprint density at radius 1 is 0.821 bits per heavy atom. The Hall–Kier alpha value is -4.15. The number of hydrogen-bond acceptors (Lipinski definition) is 3. The molecule has 0 aliphatic heterocycles. The Morgan fingerprint density at radius 2 is 1.41 bits per heavy atom. The van der Waals surface area contributed by atoms with E-state index in [2.05, 4.69) is 0 Å². The van der Waals surface area contributed by atoms with Crippen molar-refractivity contribution in [2.24, 2.45) is 0 Å². The largest absolute Gasteiger partial charge is 0.506 e. The van der Waals surface area contributed by atoms with E-state index in [1.165, 1.54) is 36.4 Å². The highest BCUT2D eigenvalue weighted by Gasteiger charge is 2.76. The van der Waals surface area contributed by atoms with Crippen LogP contribution in [-0.2, 0) is 5.41 Å². The summed E-state index contributed by atoms with van der Waals surface area (Å²) < 4.78 is 95.9. The molecule has 0 saturated heterocycles. The number of aromatic hydroxyl groups is 1. The van der Waals surface area contributed by atoms with Crippen LogP contribution in [0.3, 0.4) is 0 Å². The molecule has 0 bridgehead atoms. The highest BCUT2D eigenvalue weighted by Crippen LogP contribution is 2.52. The summed E-state index contributed by atoms with van der Waals surface area (Å²) >= 11 is 0. The molecule has 202 valence electrons. The molecule has 4 nitrogen and oxygen atoms in total. The molecule has 39 heavy (non-hydrogen) atoms. The van der Waals surface area contributed by atoms with E-state index in [1.807, 2.05) is 26.0 Å². The lowest BCUT2D eigenvalue weighted by Crippen LogP contribution is -2.57. The van der Waals surface area contributed by atoms with Crippen LogP contribution in [0.15, 0.2) is 71.5 Å². The number of benzene rings is 3. The van der Waals surface area contributed by atoms with Crippen molar-refractivity contribution in [2.75, 3.05) is 0 Å². The predicted molar refractivity (Wildman–Crippen MR) is 129 cm³/mol. The zero-order valence-electron chi connectivity index (χ0n) is 20.2. The number of alkyl halides is 7. The average Bonchev–Trinajstić information content (AvgIpc) is 3.09. The zero-order valence-corrected chi connectivity index (χ0v) is 20.2. The van der Waals surface area contributed by atoms with Gasteiger partial charge in [0.2, 0.25) is 5.78 Å². The lowest BCUT2D eigenvalue weighted by Gasteiger charge is -2.27. The number of aromatic nitrogens is 1. The number of para-hydroxylation sites is 1. The van der Waals surface area contributed by atoms with E-state index in [9.17, 15) is 45.4 Å². The standard InChI is InChI=1S/C28H18F7NO3/c1-25(2)18-11-7-6-10-15(18)16-13-20-17(12-19(16)25)22(37)21(24(39)36(20)14-8-4-3-5-9-14)23(38)26(29,30)27(31,32)28(33,34)35/h3-13,37H,1-2H3. The summed E-state index contributed by atoms with van der Waals surface area (Å²) in [5.41, 5.74) is -1.53. The van der Waals surface area contributed by atoms with Gasteiger partial charge in [0.05, 0.1) is 5.52 Å². The zero-order chi connectivity index (χ0) is 28.7. The van der Waals surface area contributed by atoms with Gasteiger partial charge in [-0.3, -0.25) is 14.2 Å². The van der Waals surface area contributed by atoms with Crippen LogP contribution < -0.4 is 5.56 Å². The second-order valence-electron chi connectivity index (χ2n) is 9.76.